The fourth-order valence-corrected chi connectivity index (χ4v) is 3.25. The largest absolute Gasteiger partial charge is 0.489 e. The lowest BCUT2D eigenvalue weighted by Gasteiger charge is -2.24. The van der Waals surface area contributed by atoms with Crippen molar-refractivity contribution in [3.8, 4) is 5.75 Å². The lowest BCUT2D eigenvalue weighted by atomic mass is 10.0. The molecule has 5 nitrogen and oxygen atoms in total. The highest BCUT2D eigenvalue weighted by atomic mass is 16.5. The maximum atomic E-state index is 12.7. The van der Waals surface area contributed by atoms with Crippen LogP contribution in [0.25, 0.3) is 0 Å². The molecule has 2 aromatic carbocycles. The molecule has 0 bridgehead atoms. The second kappa shape index (κ2) is 7.57. The van der Waals surface area contributed by atoms with Gasteiger partial charge in [-0.15, -0.1) is 0 Å². The predicted octanol–water partition coefficient (Wildman–Crippen LogP) is 2.99. The van der Waals surface area contributed by atoms with Crippen molar-refractivity contribution in [1.82, 2.24) is 5.32 Å². The zero-order valence-electron chi connectivity index (χ0n) is 14.5. The Morgan fingerprint density at radius 2 is 2.00 bits per heavy atom. The molecule has 132 valence electrons. The second-order valence-corrected chi connectivity index (χ2v) is 6.47. The molecule has 1 saturated heterocycles. The van der Waals surface area contributed by atoms with Crippen LogP contribution in [-0.4, -0.2) is 24.5 Å². The van der Waals surface area contributed by atoms with Gasteiger partial charge in [-0.1, -0.05) is 19.1 Å². The highest BCUT2D eigenvalue weighted by Crippen LogP contribution is 2.23. The number of carbonyl (C=O) groups excluding carboxylic acids is 1. The van der Waals surface area contributed by atoms with Gasteiger partial charge in [0.1, 0.15) is 11.9 Å². The number of ether oxygens (including phenoxy) is 1. The Labute approximate surface area is 148 Å². The van der Waals surface area contributed by atoms with Crippen molar-refractivity contribution in [1.29, 1.82) is 0 Å². The van der Waals surface area contributed by atoms with Gasteiger partial charge in [0, 0.05) is 17.2 Å². The van der Waals surface area contributed by atoms with Crippen LogP contribution < -0.4 is 21.5 Å². The van der Waals surface area contributed by atoms with Crippen molar-refractivity contribution in [2.45, 2.75) is 38.3 Å². The number of carbonyl (C=O) groups is 1. The van der Waals surface area contributed by atoms with Gasteiger partial charge in [-0.2, -0.15) is 0 Å². The Bertz CT molecular complexity index is 754. The summed E-state index contributed by atoms with van der Waals surface area (Å²) in [5.41, 5.74) is 13.5. The van der Waals surface area contributed by atoms with Gasteiger partial charge in [-0.05, 0) is 56.1 Å². The summed E-state index contributed by atoms with van der Waals surface area (Å²) < 4.78 is 6.16. The van der Waals surface area contributed by atoms with Crippen molar-refractivity contribution >= 4 is 17.2 Å². The van der Waals surface area contributed by atoms with E-state index in [0.29, 0.717) is 28.5 Å². The molecule has 0 saturated carbocycles. The smallest absolute Gasteiger partial charge is 0.193 e. The average molecular weight is 339 g/mol. The molecule has 0 aromatic heterocycles. The lowest BCUT2D eigenvalue weighted by Crippen LogP contribution is -2.38. The highest BCUT2D eigenvalue weighted by Gasteiger charge is 2.25. The summed E-state index contributed by atoms with van der Waals surface area (Å²) >= 11 is 0. The third kappa shape index (κ3) is 3.94. The average Bonchev–Trinajstić information content (AvgIpc) is 3.16. The Balaban J connectivity index is 1.78. The fraction of sp³-hybridized carbons (Fsp3) is 0.350. The van der Waals surface area contributed by atoms with Crippen LogP contribution >= 0.6 is 0 Å². The predicted molar refractivity (Wildman–Crippen MR) is 101 cm³/mol. The molecule has 3 rings (SSSR count). The van der Waals surface area contributed by atoms with E-state index in [2.05, 4.69) is 12.2 Å². The Kier molecular flexibility index (Phi) is 5.24. The molecule has 0 amide bonds. The van der Waals surface area contributed by atoms with Crippen molar-refractivity contribution in [2.75, 3.05) is 18.0 Å². The van der Waals surface area contributed by atoms with E-state index in [0.717, 1.165) is 25.1 Å². The first-order valence-corrected chi connectivity index (χ1v) is 8.78. The molecule has 1 fully saturated rings. The third-order valence-corrected chi connectivity index (χ3v) is 4.68. The van der Waals surface area contributed by atoms with Crippen molar-refractivity contribution < 1.29 is 9.53 Å². The van der Waals surface area contributed by atoms with Crippen LogP contribution in [0.3, 0.4) is 0 Å². The molecule has 1 heterocycles. The molecular weight excluding hydrogens is 314 g/mol. The van der Waals surface area contributed by atoms with E-state index in [1.54, 1.807) is 30.3 Å². The number of rotatable bonds is 6. The first-order valence-electron chi connectivity index (χ1n) is 8.78. The van der Waals surface area contributed by atoms with E-state index in [-0.39, 0.29) is 11.9 Å². The second-order valence-electron chi connectivity index (χ2n) is 6.47. The monoisotopic (exact) mass is 339 g/mol. The van der Waals surface area contributed by atoms with Gasteiger partial charge in [-0.3, -0.25) is 4.79 Å². The van der Waals surface area contributed by atoms with Crippen molar-refractivity contribution in [3.63, 3.8) is 0 Å². The summed E-state index contributed by atoms with van der Waals surface area (Å²) in [6, 6.07) is 12.7. The number of hydrogen-bond acceptors (Lipinski definition) is 5. The molecule has 2 unspecified atom stereocenters. The molecule has 1 aliphatic rings. The Morgan fingerprint density at radius 1 is 1.20 bits per heavy atom. The molecule has 5 N–H and O–H groups in total. The SMILES string of the molecule is CCC(Oc1cccc(C(=O)c2ccc(N)c(N)c2)c1)C1CCCN1. The number of anilines is 2. The van der Waals surface area contributed by atoms with Crippen LogP contribution in [-0.2, 0) is 0 Å². The van der Waals surface area contributed by atoms with Gasteiger partial charge in [-0.25, -0.2) is 0 Å². The Hall–Kier alpha value is -2.53. The van der Waals surface area contributed by atoms with E-state index in [4.69, 9.17) is 16.2 Å². The summed E-state index contributed by atoms with van der Waals surface area (Å²) in [6.45, 7) is 3.17. The molecular formula is C20H25N3O2. The maximum absolute atomic E-state index is 12.7. The van der Waals surface area contributed by atoms with E-state index >= 15 is 0 Å². The maximum Gasteiger partial charge on any atom is 0.193 e. The summed E-state index contributed by atoms with van der Waals surface area (Å²) in [7, 11) is 0. The van der Waals surface area contributed by atoms with Gasteiger partial charge < -0.3 is 21.5 Å². The van der Waals surface area contributed by atoms with E-state index in [9.17, 15) is 4.79 Å². The topological polar surface area (TPSA) is 90.4 Å². The number of nitrogens with two attached hydrogens (primary N) is 2. The number of benzene rings is 2. The van der Waals surface area contributed by atoms with Crippen LogP contribution in [0.2, 0.25) is 0 Å². The fourth-order valence-electron chi connectivity index (χ4n) is 3.25. The van der Waals surface area contributed by atoms with Crippen LogP contribution in [0, 0.1) is 0 Å². The van der Waals surface area contributed by atoms with E-state index < -0.39 is 0 Å². The summed E-state index contributed by atoms with van der Waals surface area (Å²) in [4.78, 5) is 12.7. The lowest BCUT2D eigenvalue weighted by molar-refractivity contribution is 0.103. The molecule has 2 atom stereocenters. The van der Waals surface area contributed by atoms with Crippen LogP contribution in [0.5, 0.6) is 5.75 Å². The van der Waals surface area contributed by atoms with Crippen molar-refractivity contribution in [3.05, 3.63) is 53.6 Å². The van der Waals surface area contributed by atoms with Crippen LogP contribution in [0.4, 0.5) is 11.4 Å². The first kappa shape index (κ1) is 17.3. The molecule has 0 spiro atoms. The zero-order chi connectivity index (χ0) is 17.8. The van der Waals surface area contributed by atoms with Gasteiger partial charge in [0.2, 0.25) is 0 Å². The van der Waals surface area contributed by atoms with Gasteiger partial charge in [0.05, 0.1) is 11.4 Å². The summed E-state index contributed by atoms with van der Waals surface area (Å²) in [5, 5.41) is 3.48. The number of ketones is 1. The number of nitrogens with one attached hydrogen (secondary N) is 1. The first-order chi connectivity index (χ1) is 12.1. The number of nitrogen functional groups attached to an aromatic ring is 2. The Morgan fingerprint density at radius 3 is 2.68 bits per heavy atom. The normalized spacial score (nSPS) is 18.0. The summed E-state index contributed by atoms with van der Waals surface area (Å²) in [5.74, 6) is 0.624. The molecule has 25 heavy (non-hydrogen) atoms. The van der Waals surface area contributed by atoms with Crippen molar-refractivity contribution in [2.24, 2.45) is 0 Å². The van der Waals surface area contributed by atoms with Gasteiger partial charge >= 0.3 is 0 Å². The molecule has 0 aliphatic carbocycles. The number of hydrogen-bond donors (Lipinski definition) is 3. The van der Waals surface area contributed by atoms with E-state index in [1.165, 1.54) is 6.42 Å². The summed E-state index contributed by atoms with van der Waals surface area (Å²) in [6.07, 6.45) is 3.34. The standard InChI is InChI=1S/C20H25N3O2/c1-2-19(18-7-4-10-23-18)25-15-6-3-5-13(11-15)20(24)14-8-9-16(21)17(22)12-14/h3,5-6,8-9,11-12,18-19,23H,2,4,7,10,21-22H2,1H3. The highest BCUT2D eigenvalue weighted by molar-refractivity contribution is 6.10. The van der Waals surface area contributed by atoms with Gasteiger partial charge in [0.15, 0.2) is 5.78 Å². The molecule has 1 aliphatic heterocycles. The quantitative estimate of drug-likeness (QED) is 0.556. The molecule has 2 aromatic rings. The minimum atomic E-state index is -0.0933. The van der Waals surface area contributed by atoms with Crippen LogP contribution in [0.15, 0.2) is 42.5 Å². The van der Waals surface area contributed by atoms with Crippen LogP contribution in [0.1, 0.15) is 42.1 Å². The minimum Gasteiger partial charge on any atom is -0.489 e. The molecule has 5 heteroatoms. The zero-order valence-corrected chi connectivity index (χ0v) is 14.5. The minimum absolute atomic E-state index is 0.0933. The third-order valence-electron chi connectivity index (χ3n) is 4.68. The van der Waals surface area contributed by atoms with E-state index in [1.807, 2.05) is 12.1 Å². The molecule has 0 radical (unpaired) electrons. The van der Waals surface area contributed by atoms with Gasteiger partial charge in [0.25, 0.3) is 0 Å².